The summed E-state index contributed by atoms with van der Waals surface area (Å²) in [5, 5.41) is 15.5. The monoisotopic (exact) mass is 409 g/mol. The summed E-state index contributed by atoms with van der Waals surface area (Å²) in [4.78, 5) is 24.6. The van der Waals surface area contributed by atoms with Crippen LogP contribution in [0.5, 0.6) is 0 Å². The molecule has 1 atom stereocenters. The molecule has 1 unspecified atom stereocenters. The maximum atomic E-state index is 14.2. The maximum Gasteiger partial charge on any atom is 0.234 e. The van der Waals surface area contributed by atoms with Crippen molar-refractivity contribution in [2.45, 2.75) is 26.2 Å². The molecule has 5 nitrogen and oxygen atoms in total. The van der Waals surface area contributed by atoms with E-state index in [1.165, 1.54) is 6.07 Å². The molecule has 7 heteroatoms. The Morgan fingerprint density at radius 2 is 1.93 bits per heavy atom. The fourth-order valence-electron chi connectivity index (χ4n) is 3.28. The molecule has 0 aliphatic carbocycles. The maximum absolute atomic E-state index is 14.2. The number of thioether (sulfide) groups is 1. The number of nitrogens with zero attached hydrogens (tertiary/aromatic N) is 1. The van der Waals surface area contributed by atoms with E-state index in [0.717, 1.165) is 28.6 Å². The van der Waals surface area contributed by atoms with Crippen LogP contribution in [0.25, 0.3) is 0 Å². The summed E-state index contributed by atoms with van der Waals surface area (Å²) >= 11 is 1.07. The highest BCUT2D eigenvalue weighted by Gasteiger charge is 2.31. The Hall–Kier alpha value is -3.11. The quantitative estimate of drug-likeness (QED) is 0.777. The van der Waals surface area contributed by atoms with Gasteiger partial charge in [0.05, 0.1) is 22.4 Å². The van der Waals surface area contributed by atoms with E-state index in [-0.39, 0.29) is 29.6 Å². The number of anilines is 1. The second-order valence-corrected chi connectivity index (χ2v) is 7.77. The average Bonchev–Trinajstić information content (AvgIpc) is 2.69. The van der Waals surface area contributed by atoms with Crippen LogP contribution in [0.1, 0.15) is 29.0 Å². The molecule has 2 N–H and O–H groups in total. The normalized spacial score (nSPS) is 16.2. The van der Waals surface area contributed by atoms with Gasteiger partial charge in [-0.15, -0.1) is 0 Å². The van der Waals surface area contributed by atoms with Crippen LogP contribution in [-0.4, -0.2) is 17.6 Å². The number of aryl methyl sites for hydroxylation is 2. The van der Waals surface area contributed by atoms with Crippen LogP contribution in [0, 0.1) is 31.0 Å². The molecule has 29 heavy (non-hydrogen) atoms. The lowest BCUT2D eigenvalue weighted by atomic mass is 9.87. The van der Waals surface area contributed by atoms with Crippen LogP contribution >= 0.6 is 11.8 Å². The summed E-state index contributed by atoms with van der Waals surface area (Å²) in [5.41, 5.74) is 3.22. The highest BCUT2D eigenvalue weighted by atomic mass is 32.2. The molecule has 0 bridgehead atoms. The van der Waals surface area contributed by atoms with Crippen LogP contribution in [0.15, 0.2) is 53.1 Å². The van der Waals surface area contributed by atoms with Crippen molar-refractivity contribution in [3.8, 4) is 6.07 Å². The van der Waals surface area contributed by atoms with E-state index in [2.05, 4.69) is 16.7 Å². The minimum absolute atomic E-state index is 0.0114. The van der Waals surface area contributed by atoms with Gasteiger partial charge in [-0.05, 0) is 36.6 Å². The van der Waals surface area contributed by atoms with Gasteiger partial charge in [0.2, 0.25) is 11.8 Å². The van der Waals surface area contributed by atoms with E-state index >= 15 is 0 Å². The minimum atomic E-state index is -0.667. The molecule has 0 aromatic heterocycles. The summed E-state index contributed by atoms with van der Waals surface area (Å²) in [7, 11) is 0. The first-order valence-corrected chi connectivity index (χ1v) is 10.1. The van der Waals surface area contributed by atoms with Gasteiger partial charge in [-0.1, -0.05) is 48.2 Å². The first-order valence-electron chi connectivity index (χ1n) is 9.08. The third-order valence-electron chi connectivity index (χ3n) is 4.73. The Morgan fingerprint density at radius 3 is 2.59 bits per heavy atom. The molecule has 0 radical (unpaired) electrons. The number of allylic oxidation sites excluding steroid dienone is 1. The summed E-state index contributed by atoms with van der Waals surface area (Å²) in [5.74, 6) is -1.68. The van der Waals surface area contributed by atoms with Crippen molar-refractivity contribution in [1.29, 1.82) is 5.26 Å². The van der Waals surface area contributed by atoms with Crippen LogP contribution in [0.2, 0.25) is 0 Å². The number of hydrogen-bond donors (Lipinski definition) is 2. The van der Waals surface area contributed by atoms with E-state index in [1.54, 1.807) is 18.2 Å². The largest absolute Gasteiger partial charge is 0.325 e. The van der Waals surface area contributed by atoms with Crippen LogP contribution in [0.4, 0.5) is 10.1 Å². The molecular formula is C22H20FN3O2S. The second kappa shape index (κ2) is 8.93. The highest BCUT2D eigenvalue weighted by Crippen LogP contribution is 2.37. The lowest BCUT2D eigenvalue weighted by Crippen LogP contribution is -2.31. The molecule has 3 rings (SSSR count). The molecular weight excluding hydrogens is 389 g/mol. The first-order chi connectivity index (χ1) is 13.9. The SMILES string of the molecule is Cc1cccc(C)c1NC(=O)CSC1=C(C#N)C(c2ccccc2F)CC(=O)N1. The zero-order chi connectivity index (χ0) is 21.0. The number of carbonyl (C=O) groups excluding carboxylic acids is 2. The number of benzene rings is 2. The molecule has 1 heterocycles. The van der Waals surface area contributed by atoms with Gasteiger partial charge in [0.25, 0.3) is 0 Å². The predicted octanol–water partition coefficient (Wildman–Crippen LogP) is 4.15. The van der Waals surface area contributed by atoms with E-state index in [1.807, 2.05) is 32.0 Å². The lowest BCUT2D eigenvalue weighted by molar-refractivity contribution is -0.121. The van der Waals surface area contributed by atoms with Crippen molar-refractivity contribution in [3.63, 3.8) is 0 Å². The Morgan fingerprint density at radius 1 is 1.24 bits per heavy atom. The Bertz CT molecular complexity index is 1020. The minimum Gasteiger partial charge on any atom is -0.325 e. The molecule has 1 aliphatic rings. The second-order valence-electron chi connectivity index (χ2n) is 6.78. The number of rotatable bonds is 5. The first kappa shape index (κ1) is 20.6. The van der Waals surface area contributed by atoms with Crippen LogP contribution < -0.4 is 10.6 Å². The fraction of sp³-hybridized carbons (Fsp3) is 0.227. The van der Waals surface area contributed by atoms with Gasteiger partial charge in [0.15, 0.2) is 0 Å². The van der Waals surface area contributed by atoms with Gasteiger partial charge < -0.3 is 10.6 Å². The lowest BCUT2D eigenvalue weighted by Gasteiger charge is -2.25. The number of carbonyl (C=O) groups is 2. The van der Waals surface area contributed by atoms with Gasteiger partial charge in [0.1, 0.15) is 5.82 Å². The van der Waals surface area contributed by atoms with Crippen molar-refractivity contribution in [2.75, 3.05) is 11.1 Å². The molecule has 2 aromatic rings. The molecule has 2 amide bonds. The van der Waals surface area contributed by atoms with Gasteiger partial charge >= 0.3 is 0 Å². The zero-order valence-corrected chi connectivity index (χ0v) is 16.9. The van der Waals surface area contributed by atoms with E-state index in [4.69, 9.17) is 0 Å². The Labute approximate surface area is 173 Å². The summed E-state index contributed by atoms with van der Waals surface area (Å²) in [6, 6.07) is 13.9. The van der Waals surface area contributed by atoms with Gasteiger partial charge in [-0.25, -0.2) is 4.39 Å². The topological polar surface area (TPSA) is 82.0 Å². The number of halogens is 1. The van der Waals surface area contributed by atoms with Crippen molar-refractivity contribution in [3.05, 3.63) is 75.6 Å². The molecule has 0 fully saturated rings. The van der Waals surface area contributed by atoms with Crippen LogP contribution in [0.3, 0.4) is 0 Å². The third kappa shape index (κ3) is 4.66. The Kier molecular flexibility index (Phi) is 6.35. The summed E-state index contributed by atoms with van der Waals surface area (Å²) < 4.78 is 14.2. The number of nitrogens with one attached hydrogen (secondary N) is 2. The Balaban J connectivity index is 1.79. The van der Waals surface area contributed by atoms with E-state index in [0.29, 0.717) is 10.6 Å². The van der Waals surface area contributed by atoms with Gasteiger partial charge in [0, 0.05) is 18.0 Å². The standard InChI is InChI=1S/C22H20FN3O2S/c1-13-6-5-7-14(2)21(13)25-20(28)12-29-22-17(11-24)16(10-19(27)26-22)15-8-3-4-9-18(15)23/h3-9,16H,10,12H2,1-2H3,(H,25,28)(H,26,27). The van der Waals surface area contributed by atoms with Crippen molar-refractivity contribution in [1.82, 2.24) is 5.32 Å². The number of hydrogen-bond acceptors (Lipinski definition) is 4. The molecule has 1 aliphatic heterocycles. The molecule has 2 aromatic carbocycles. The molecule has 148 valence electrons. The number of nitriles is 1. The smallest absolute Gasteiger partial charge is 0.234 e. The summed E-state index contributed by atoms with van der Waals surface area (Å²) in [6.45, 7) is 3.82. The number of para-hydroxylation sites is 1. The fourth-order valence-corrected chi connectivity index (χ4v) is 4.16. The van der Waals surface area contributed by atoms with Gasteiger partial charge in [-0.2, -0.15) is 5.26 Å². The van der Waals surface area contributed by atoms with Crippen molar-refractivity contribution < 1.29 is 14.0 Å². The van der Waals surface area contributed by atoms with Gasteiger partial charge in [-0.3, -0.25) is 9.59 Å². The summed E-state index contributed by atoms with van der Waals surface area (Å²) in [6.07, 6.45) is -0.0114. The van der Waals surface area contributed by atoms with E-state index < -0.39 is 11.7 Å². The molecule has 0 saturated heterocycles. The van der Waals surface area contributed by atoms with E-state index in [9.17, 15) is 19.2 Å². The average molecular weight is 409 g/mol. The van der Waals surface area contributed by atoms with Crippen molar-refractivity contribution >= 4 is 29.3 Å². The van der Waals surface area contributed by atoms with Crippen LogP contribution in [-0.2, 0) is 9.59 Å². The van der Waals surface area contributed by atoms with Crippen molar-refractivity contribution in [2.24, 2.45) is 0 Å². The third-order valence-corrected chi connectivity index (χ3v) is 5.75. The molecule has 0 spiro atoms. The molecule has 0 saturated carbocycles. The zero-order valence-electron chi connectivity index (χ0n) is 16.1. The highest BCUT2D eigenvalue weighted by molar-refractivity contribution is 8.03. The number of amides is 2. The predicted molar refractivity (Wildman–Crippen MR) is 112 cm³/mol.